The van der Waals surface area contributed by atoms with Crippen LogP contribution in [0, 0.1) is 58.5 Å². The summed E-state index contributed by atoms with van der Waals surface area (Å²) in [6.07, 6.45) is 19.6. The van der Waals surface area contributed by atoms with E-state index in [1.807, 2.05) is 37.6 Å². The van der Waals surface area contributed by atoms with Crippen molar-refractivity contribution in [1.82, 2.24) is 14.7 Å². The number of nitrogens with zero attached hydrogens (tertiary/aromatic N) is 3. The Labute approximate surface area is 583 Å². The van der Waals surface area contributed by atoms with Gasteiger partial charge in [-0.25, -0.2) is 0 Å². The fraction of sp³-hybridized carbons (Fsp3) is 0.803. The zero-order chi connectivity index (χ0) is 69.5. The van der Waals surface area contributed by atoms with Crippen molar-refractivity contribution >= 4 is 94.8 Å². The van der Waals surface area contributed by atoms with Gasteiger partial charge in [0.15, 0.2) is 0 Å². The summed E-state index contributed by atoms with van der Waals surface area (Å²) in [6.45, 7) is 18.6. The summed E-state index contributed by atoms with van der Waals surface area (Å²) >= 11 is 6.50. The van der Waals surface area contributed by atoms with E-state index in [-0.39, 0.29) is 121 Å². The predicted molar refractivity (Wildman–Crippen MR) is 382 cm³/mol. The highest BCUT2D eigenvalue weighted by Crippen LogP contribution is 2.17. The van der Waals surface area contributed by atoms with Gasteiger partial charge in [0, 0.05) is 49.2 Å². The second kappa shape index (κ2) is 64.7. The Morgan fingerprint density at radius 2 is 0.628 bits per heavy atom. The van der Waals surface area contributed by atoms with E-state index < -0.39 is 35.8 Å². The van der Waals surface area contributed by atoms with E-state index >= 15 is 0 Å². The minimum absolute atomic E-state index is 0.0242. The lowest BCUT2D eigenvalue weighted by Crippen LogP contribution is -2.34. The molecule has 538 valence electrons. The lowest BCUT2D eigenvalue weighted by Gasteiger charge is -2.25. The number of thioether (sulfide) groups is 4. The van der Waals surface area contributed by atoms with Gasteiger partial charge in [0.2, 0.25) is 0 Å². The fourth-order valence-electron chi connectivity index (χ4n) is 8.79. The van der Waals surface area contributed by atoms with Gasteiger partial charge in [0.05, 0.1) is 49.4 Å². The van der Waals surface area contributed by atoms with Gasteiger partial charge in [0.25, 0.3) is 0 Å². The van der Waals surface area contributed by atoms with Crippen LogP contribution in [0.1, 0.15) is 190 Å². The van der Waals surface area contributed by atoms with Gasteiger partial charge in [0.1, 0.15) is 52.9 Å². The molecule has 0 heterocycles. The van der Waals surface area contributed by atoms with E-state index in [0.29, 0.717) is 81.7 Å². The van der Waals surface area contributed by atoms with Crippen molar-refractivity contribution in [2.45, 2.75) is 190 Å². The van der Waals surface area contributed by atoms with Gasteiger partial charge in [-0.2, -0.15) is 35.3 Å². The van der Waals surface area contributed by atoms with Gasteiger partial charge in [-0.05, 0) is 118 Å². The Morgan fingerprint density at radius 1 is 0.340 bits per heavy atom. The molecule has 0 aromatic rings. The van der Waals surface area contributed by atoms with Crippen LogP contribution in [0.4, 0.5) is 0 Å². The molecule has 0 radical (unpaired) electrons. The highest BCUT2D eigenvalue weighted by molar-refractivity contribution is 8.03. The number of unbranched alkanes of at least 4 members (excludes halogenated alkanes) is 12. The third-order valence-electron chi connectivity index (χ3n) is 14.6. The largest absolute Gasteiger partial charge is 0.462 e. The summed E-state index contributed by atoms with van der Waals surface area (Å²) in [4.78, 5) is 108. The summed E-state index contributed by atoms with van der Waals surface area (Å²) in [7, 11) is 1.99. The number of hydrogen-bond donors (Lipinski definition) is 0. The van der Waals surface area contributed by atoms with E-state index in [2.05, 4.69) is 60.5 Å². The minimum atomic E-state index is -0.487. The van der Waals surface area contributed by atoms with Gasteiger partial charge in [-0.1, -0.05) is 143 Å². The number of hydrogen-bond acceptors (Lipinski definition) is 23. The van der Waals surface area contributed by atoms with E-state index in [4.69, 9.17) is 37.9 Å². The highest BCUT2D eigenvalue weighted by atomic mass is 32.2. The van der Waals surface area contributed by atoms with E-state index in [1.165, 1.54) is 88.8 Å². The van der Waals surface area contributed by atoms with Crippen LogP contribution in [-0.2, 0) is 76.3 Å². The molecule has 0 fully saturated rings. The fourth-order valence-corrected chi connectivity index (χ4v) is 12.6. The number of ether oxygens (including phenoxy) is 8. The van der Waals surface area contributed by atoms with Crippen LogP contribution in [0.3, 0.4) is 0 Å². The molecule has 19 nitrogen and oxygen atoms in total. The Balaban J connectivity index is 5.54. The van der Waals surface area contributed by atoms with E-state index in [0.717, 1.165) is 36.5 Å². The standard InChI is InChI=1S/C71H119N3O16S4/c1-10-14-18-22-26-52-91-56-60(5)68(79)87-48-44-83-64(75)32-40-73(41-33-65(76)84-45-49-88-69(80)61(6)57-92-53-27-23-19-15-11-2)38-30-36-72(9)37-31-39-74(42-34-66(77)85-46-50-89-70(81)62(7)58-93-54-28-24-20-16-12-3)43-35-67(78)86-47-51-90-71(82)63(8)59-94-55-29-25-21-17-13-4/h60-63H,10-12,14-16,18-20,22-24,26-28,30-54,56-59H2,1-9H3. The second-order valence-corrected chi connectivity index (χ2v) is 27.8. The SMILES string of the molecule is CC#CC#CC#CSCC(C)C(=O)OCCOC(=O)CCN(CCCN(C)CCCN(CCC(=O)OCCOC(=O)C(C)CSCCCCCCC)CCC(=O)OCCOC(=O)C(C)CSCCCCCCC)CCC(=O)OCCOC(=O)C(C)CSCCCCCCC. The topological polar surface area (TPSA) is 220 Å². The van der Waals surface area contributed by atoms with Crippen LogP contribution in [0.5, 0.6) is 0 Å². The zero-order valence-corrected chi connectivity index (χ0v) is 62.2. The van der Waals surface area contributed by atoms with Crippen LogP contribution in [0.15, 0.2) is 0 Å². The van der Waals surface area contributed by atoms with Crippen molar-refractivity contribution in [2.75, 3.05) is 153 Å². The smallest absolute Gasteiger partial charge is 0.309 e. The molecule has 0 aliphatic rings. The second-order valence-electron chi connectivity index (χ2n) is 23.5. The molecular formula is C71H119N3O16S4. The third-order valence-corrected chi connectivity index (χ3v) is 19.4. The Morgan fingerprint density at radius 3 is 0.936 bits per heavy atom. The number of esters is 8. The normalized spacial score (nSPS) is 12.2. The van der Waals surface area contributed by atoms with Crippen LogP contribution in [0.2, 0.25) is 0 Å². The molecule has 0 bridgehead atoms. The molecule has 0 spiro atoms. The first-order valence-electron chi connectivity index (χ1n) is 34.7. The Bertz CT molecular complexity index is 2170. The monoisotopic (exact) mass is 1400 g/mol. The van der Waals surface area contributed by atoms with Crippen molar-refractivity contribution < 1.29 is 76.3 Å². The molecule has 23 heteroatoms. The summed E-state index contributed by atoms with van der Waals surface area (Å²) in [6, 6.07) is 0. The molecule has 0 N–H and O–H groups in total. The number of rotatable bonds is 62. The molecule has 0 aliphatic heterocycles. The zero-order valence-electron chi connectivity index (χ0n) is 58.9. The highest BCUT2D eigenvalue weighted by Gasteiger charge is 2.21. The Kier molecular flexibility index (Phi) is 61.8. The van der Waals surface area contributed by atoms with Gasteiger partial charge < -0.3 is 52.6 Å². The molecule has 94 heavy (non-hydrogen) atoms. The van der Waals surface area contributed by atoms with Crippen LogP contribution >= 0.6 is 47.0 Å². The van der Waals surface area contributed by atoms with Crippen LogP contribution in [0.25, 0.3) is 0 Å². The summed E-state index contributed by atoms with van der Waals surface area (Å²) in [5.74, 6) is 14.1. The molecule has 0 aliphatic carbocycles. The number of carbonyl (C=O) groups excluding carboxylic acids is 8. The third kappa shape index (κ3) is 56.9. The van der Waals surface area contributed by atoms with Crippen molar-refractivity contribution in [3.05, 3.63) is 0 Å². The summed E-state index contributed by atoms with van der Waals surface area (Å²) in [5.41, 5.74) is 0. The molecule has 0 amide bonds. The first-order chi connectivity index (χ1) is 45.5. The van der Waals surface area contributed by atoms with Crippen molar-refractivity contribution in [2.24, 2.45) is 23.7 Å². The van der Waals surface area contributed by atoms with Crippen molar-refractivity contribution in [3.8, 4) is 34.9 Å². The van der Waals surface area contributed by atoms with E-state index in [1.54, 1.807) is 49.1 Å². The maximum absolute atomic E-state index is 12.9. The maximum atomic E-state index is 12.9. The average molecular weight is 1400 g/mol. The first kappa shape index (κ1) is 89.7. The van der Waals surface area contributed by atoms with Gasteiger partial charge in [-0.15, -0.1) is 0 Å². The summed E-state index contributed by atoms with van der Waals surface area (Å²) < 4.78 is 43.2. The van der Waals surface area contributed by atoms with Crippen molar-refractivity contribution in [3.63, 3.8) is 0 Å². The van der Waals surface area contributed by atoms with Crippen LogP contribution < -0.4 is 0 Å². The molecule has 0 rings (SSSR count). The molecule has 4 atom stereocenters. The molecule has 0 aromatic heterocycles. The van der Waals surface area contributed by atoms with E-state index in [9.17, 15) is 38.4 Å². The molecule has 0 aromatic carbocycles. The quantitative estimate of drug-likeness (QED) is 0.0239. The Hall–Kier alpha value is -4.28. The van der Waals surface area contributed by atoms with Crippen LogP contribution in [-0.4, -0.2) is 215 Å². The lowest BCUT2D eigenvalue weighted by atomic mass is 10.2. The minimum Gasteiger partial charge on any atom is -0.462 e. The van der Waals surface area contributed by atoms with Gasteiger partial charge in [-0.3, -0.25) is 38.4 Å². The molecular weight excluding hydrogens is 1280 g/mol. The lowest BCUT2D eigenvalue weighted by molar-refractivity contribution is -0.154. The summed E-state index contributed by atoms with van der Waals surface area (Å²) in [5, 5.41) is 2.81. The maximum Gasteiger partial charge on any atom is 0.309 e. The average Bonchev–Trinajstić information content (AvgIpc) is 3.63. The first-order valence-corrected chi connectivity index (χ1v) is 39.1. The van der Waals surface area contributed by atoms with Crippen molar-refractivity contribution in [1.29, 1.82) is 0 Å². The molecule has 0 saturated carbocycles. The van der Waals surface area contributed by atoms with Gasteiger partial charge >= 0.3 is 47.8 Å². The predicted octanol–water partition coefficient (Wildman–Crippen LogP) is 11.6. The molecule has 4 unspecified atom stereocenters. The molecule has 0 saturated heterocycles. The number of carbonyl (C=O) groups is 8.